The van der Waals surface area contributed by atoms with Crippen molar-refractivity contribution in [2.45, 2.75) is 36.6 Å². The second-order valence-corrected chi connectivity index (χ2v) is 8.18. The molecule has 3 aromatic rings. The molecule has 1 saturated carbocycles. The minimum Gasteiger partial charge on any atom is -0.453 e. The van der Waals surface area contributed by atoms with Gasteiger partial charge in [0, 0.05) is 0 Å². The number of aliphatic hydroxyl groups is 3. The molecule has 36 heavy (non-hydrogen) atoms. The lowest BCUT2D eigenvalue weighted by molar-refractivity contribution is -0.223. The highest BCUT2D eigenvalue weighted by molar-refractivity contribution is 5.91. The van der Waals surface area contributed by atoms with Gasteiger partial charge >= 0.3 is 17.9 Å². The fourth-order valence-corrected chi connectivity index (χ4v) is 3.88. The highest BCUT2D eigenvalue weighted by atomic mass is 16.6. The highest BCUT2D eigenvalue weighted by Gasteiger charge is 2.55. The first-order valence-electron chi connectivity index (χ1n) is 11.2. The second-order valence-electron chi connectivity index (χ2n) is 8.18. The summed E-state index contributed by atoms with van der Waals surface area (Å²) in [7, 11) is 0. The van der Waals surface area contributed by atoms with Gasteiger partial charge in [0.15, 0.2) is 18.3 Å². The standard InChI is InChI=1S/C27H24O9/c28-19-20(29)23(35-26(32)17-12-6-2-7-13-17)24(36-27(33)18-14-8-3-9-15-18)21(30)22(19)34-25(31)16-10-4-1-5-11-16/h1-15,19-24,28-30H/t19-,20+,21+,22-,23-,24-/m0/s1. The van der Waals surface area contributed by atoms with Gasteiger partial charge in [-0.15, -0.1) is 0 Å². The van der Waals surface area contributed by atoms with Gasteiger partial charge in [-0.3, -0.25) is 0 Å². The molecule has 186 valence electrons. The van der Waals surface area contributed by atoms with Crippen LogP contribution in [0.5, 0.6) is 0 Å². The number of rotatable bonds is 6. The Kier molecular flexibility index (Phi) is 7.74. The summed E-state index contributed by atoms with van der Waals surface area (Å²) in [6.07, 6.45) is -10.6. The van der Waals surface area contributed by atoms with Gasteiger partial charge in [0.25, 0.3) is 0 Å². The van der Waals surface area contributed by atoms with Crippen molar-refractivity contribution in [1.82, 2.24) is 0 Å². The lowest BCUT2D eigenvalue weighted by Crippen LogP contribution is -2.66. The van der Waals surface area contributed by atoms with E-state index in [1.807, 2.05) is 0 Å². The zero-order valence-corrected chi connectivity index (χ0v) is 18.9. The maximum absolute atomic E-state index is 12.8. The summed E-state index contributed by atoms with van der Waals surface area (Å²) in [5.74, 6) is -2.63. The van der Waals surface area contributed by atoms with Gasteiger partial charge in [0.2, 0.25) is 0 Å². The first kappa shape index (κ1) is 25.1. The van der Waals surface area contributed by atoms with Gasteiger partial charge in [-0.1, -0.05) is 54.6 Å². The number of carbonyl (C=O) groups excluding carboxylic acids is 3. The van der Waals surface area contributed by atoms with E-state index >= 15 is 0 Å². The Balaban J connectivity index is 1.61. The van der Waals surface area contributed by atoms with Crippen molar-refractivity contribution < 1.29 is 43.9 Å². The third-order valence-corrected chi connectivity index (χ3v) is 5.78. The molecule has 0 bridgehead atoms. The molecule has 0 spiro atoms. The van der Waals surface area contributed by atoms with Gasteiger partial charge in [-0.05, 0) is 36.4 Å². The summed E-state index contributed by atoms with van der Waals surface area (Å²) in [6, 6.07) is 23.5. The molecule has 9 heteroatoms. The number of ether oxygens (including phenoxy) is 3. The smallest absolute Gasteiger partial charge is 0.338 e. The molecule has 1 aliphatic carbocycles. The Bertz CT molecular complexity index is 1180. The van der Waals surface area contributed by atoms with Crippen molar-refractivity contribution >= 4 is 17.9 Å². The summed E-state index contributed by atoms with van der Waals surface area (Å²) in [4.78, 5) is 38.1. The summed E-state index contributed by atoms with van der Waals surface area (Å²) >= 11 is 0. The first-order valence-corrected chi connectivity index (χ1v) is 11.2. The van der Waals surface area contributed by atoms with Crippen molar-refractivity contribution in [2.75, 3.05) is 0 Å². The zero-order valence-electron chi connectivity index (χ0n) is 18.9. The predicted molar refractivity (Wildman–Crippen MR) is 125 cm³/mol. The van der Waals surface area contributed by atoms with E-state index in [-0.39, 0.29) is 16.7 Å². The van der Waals surface area contributed by atoms with Gasteiger partial charge < -0.3 is 29.5 Å². The lowest BCUT2D eigenvalue weighted by Gasteiger charge is -2.43. The third-order valence-electron chi connectivity index (χ3n) is 5.78. The van der Waals surface area contributed by atoms with E-state index in [1.165, 1.54) is 36.4 Å². The van der Waals surface area contributed by atoms with E-state index in [4.69, 9.17) is 14.2 Å². The van der Waals surface area contributed by atoms with Crippen LogP contribution in [-0.2, 0) is 14.2 Å². The summed E-state index contributed by atoms with van der Waals surface area (Å²) in [5.41, 5.74) is 0.414. The molecule has 0 unspecified atom stereocenters. The molecule has 6 atom stereocenters. The van der Waals surface area contributed by atoms with E-state index in [2.05, 4.69) is 0 Å². The molecule has 0 aliphatic heterocycles. The Morgan fingerprint density at radius 1 is 0.444 bits per heavy atom. The Hall–Kier alpha value is -4.05. The SMILES string of the molecule is O=C(O[C@@H]1[C@@H](O)[C@H](OC(=O)c2ccccc2)[C@@H](OC(=O)c2ccccc2)[C@H](O)[C@@H]1O)c1ccccc1. The minimum absolute atomic E-state index is 0.135. The zero-order chi connectivity index (χ0) is 25.7. The number of hydrogen-bond donors (Lipinski definition) is 3. The Labute approximate surface area is 206 Å². The van der Waals surface area contributed by atoms with Crippen molar-refractivity contribution in [3.8, 4) is 0 Å². The molecular formula is C27H24O9. The van der Waals surface area contributed by atoms with Crippen LogP contribution in [0.15, 0.2) is 91.0 Å². The van der Waals surface area contributed by atoms with Crippen LogP contribution < -0.4 is 0 Å². The molecular weight excluding hydrogens is 468 g/mol. The molecule has 0 heterocycles. The lowest BCUT2D eigenvalue weighted by atomic mass is 9.84. The van der Waals surface area contributed by atoms with Gasteiger partial charge in [0.05, 0.1) is 16.7 Å². The van der Waals surface area contributed by atoms with Crippen LogP contribution in [0.3, 0.4) is 0 Å². The van der Waals surface area contributed by atoms with E-state index < -0.39 is 54.5 Å². The number of aliphatic hydroxyl groups excluding tert-OH is 3. The van der Waals surface area contributed by atoms with Crippen LogP contribution in [-0.4, -0.2) is 69.9 Å². The quantitative estimate of drug-likeness (QED) is 0.347. The van der Waals surface area contributed by atoms with Crippen LogP contribution >= 0.6 is 0 Å². The normalized spacial score (nSPS) is 25.4. The van der Waals surface area contributed by atoms with E-state index in [0.717, 1.165) is 0 Å². The van der Waals surface area contributed by atoms with Gasteiger partial charge in [0.1, 0.15) is 18.3 Å². The maximum atomic E-state index is 12.8. The molecule has 1 aliphatic rings. The Morgan fingerprint density at radius 2 is 0.722 bits per heavy atom. The van der Waals surface area contributed by atoms with E-state index in [0.29, 0.717) is 0 Å². The average Bonchev–Trinajstić information content (AvgIpc) is 2.92. The molecule has 0 aromatic heterocycles. The molecule has 4 rings (SSSR count). The van der Waals surface area contributed by atoms with Crippen LogP contribution in [0, 0.1) is 0 Å². The van der Waals surface area contributed by atoms with Crippen LogP contribution in [0.25, 0.3) is 0 Å². The van der Waals surface area contributed by atoms with E-state index in [1.54, 1.807) is 54.6 Å². The minimum atomic E-state index is -1.86. The number of esters is 3. The van der Waals surface area contributed by atoms with Crippen LogP contribution in [0.4, 0.5) is 0 Å². The first-order chi connectivity index (χ1) is 17.4. The molecule has 9 nitrogen and oxygen atoms in total. The summed E-state index contributed by atoms with van der Waals surface area (Å²) < 4.78 is 16.1. The highest BCUT2D eigenvalue weighted by Crippen LogP contribution is 2.30. The average molecular weight is 492 g/mol. The predicted octanol–water partition coefficient (Wildman–Crippen LogP) is 1.76. The number of hydrogen-bond acceptors (Lipinski definition) is 9. The maximum Gasteiger partial charge on any atom is 0.338 e. The molecule has 0 amide bonds. The van der Waals surface area contributed by atoms with Crippen molar-refractivity contribution in [1.29, 1.82) is 0 Å². The van der Waals surface area contributed by atoms with E-state index in [9.17, 15) is 29.7 Å². The molecule has 3 N–H and O–H groups in total. The van der Waals surface area contributed by atoms with Gasteiger partial charge in [-0.25, -0.2) is 14.4 Å². The summed E-state index contributed by atoms with van der Waals surface area (Å²) in [5, 5.41) is 32.6. The second kappa shape index (κ2) is 11.1. The van der Waals surface area contributed by atoms with Crippen LogP contribution in [0.2, 0.25) is 0 Å². The van der Waals surface area contributed by atoms with Gasteiger partial charge in [-0.2, -0.15) is 0 Å². The van der Waals surface area contributed by atoms with Crippen molar-refractivity contribution in [2.24, 2.45) is 0 Å². The topological polar surface area (TPSA) is 140 Å². The van der Waals surface area contributed by atoms with Crippen molar-refractivity contribution in [3.05, 3.63) is 108 Å². The third kappa shape index (κ3) is 5.44. The molecule has 3 aromatic carbocycles. The Morgan fingerprint density at radius 3 is 1.08 bits per heavy atom. The summed E-state index contributed by atoms with van der Waals surface area (Å²) in [6.45, 7) is 0. The molecule has 0 radical (unpaired) electrons. The largest absolute Gasteiger partial charge is 0.453 e. The van der Waals surface area contributed by atoms with Crippen LogP contribution in [0.1, 0.15) is 31.1 Å². The number of carbonyl (C=O) groups is 3. The fraction of sp³-hybridized carbons (Fsp3) is 0.222. The fourth-order valence-electron chi connectivity index (χ4n) is 3.88. The molecule has 0 saturated heterocycles. The van der Waals surface area contributed by atoms with Crippen molar-refractivity contribution in [3.63, 3.8) is 0 Å². The molecule has 1 fully saturated rings. The monoisotopic (exact) mass is 492 g/mol. The number of benzene rings is 3.